The number of hydrogen-bond acceptors (Lipinski definition) is 17. The van der Waals surface area contributed by atoms with E-state index in [-0.39, 0.29) is 72.2 Å². The van der Waals surface area contributed by atoms with Crippen molar-refractivity contribution in [2.24, 2.45) is 0 Å². The summed E-state index contributed by atoms with van der Waals surface area (Å²) in [6, 6.07) is 20.4. The Kier molecular flexibility index (Phi) is 29.7. The van der Waals surface area contributed by atoms with Gasteiger partial charge in [-0.05, 0) is 48.1 Å². The molecule has 0 saturated carbocycles. The van der Waals surface area contributed by atoms with E-state index in [4.69, 9.17) is 60.8 Å². The van der Waals surface area contributed by atoms with Gasteiger partial charge >= 0.3 is 12.2 Å². The minimum absolute atomic E-state index is 0.00404. The Balaban J connectivity index is 1.16. The Labute approximate surface area is 379 Å². The zero-order valence-electron chi connectivity index (χ0n) is 36.2. The Morgan fingerprint density at radius 2 is 1.55 bits per heavy atom. The van der Waals surface area contributed by atoms with Crippen molar-refractivity contribution in [2.75, 3.05) is 104 Å². The lowest BCUT2D eigenvalue weighted by Gasteiger charge is -2.23. The van der Waals surface area contributed by atoms with Crippen molar-refractivity contribution in [1.82, 2.24) is 32.0 Å². The maximum Gasteiger partial charge on any atom is 0.457 e. The molecule has 20 nitrogen and oxygen atoms in total. The molecular formula is C43H64ClN7O13. The lowest BCUT2D eigenvalue weighted by molar-refractivity contribution is -0.293. The number of alkyl halides is 1. The number of hydrazine groups is 1. The van der Waals surface area contributed by atoms with Gasteiger partial charge in [0.2, 0.25) is 5.91 Å². The number of ether oxygens (including phenoxy) is 3. The van der Waals surface area contributed by atoms with Gasteiger partial charge in [0, 0.05) is 56.1 Å². The summed E-state index contributed by atoms with van der Waals surface area (Å²) in [5.41, 5.74) is 14.3. The van der Waals surface area contributed by atoms with Crippen LogP contribution in [-0.4, -0.2) is 132 Å². The van der Waals surface area contributed by atoms with Crippen LogP contribution in [0.2, 0.25) is 0 Å². The highest BCUT2D eigenvalue weighted by atomic mass is 35.5. The molecule has 64 heavy (non-hydrogen) atoms. The standard InChI is InChI=1S/C43H64ClN7O13/c44-19-5-1-2-7-25-61-62-27-23-46-22-26-56-28-29-60-50-43(55)57-24-8-6-20-48-59-30-31-63-64-42(54)49-51(33-35-14-16-37(45)17-15-35)41(53)18-21-47-32-38(52)34-58-40-13-9-11-36-10-3-4-12-39(36)40/h3-4,6,8-17,38,46-48,52H,1-2,5,7,18-34,45H2,(H,49,54)(H,50,55)/b8-6+. The van der Waals surface area contributed by atoms with E-state index in [9.17, 15) is 19.5 Å². The van der Waals surface area contributed by atoms with Gasteiger partial charge < -0.3 is 35.7 Å². The fourth-order valence-corrected chi connectivity index (χ4v) is 5.56. The second-order valence-electron chi connectivity index (χ2n) is 13.7. The van der Waals surface area contributed by atoms with Crippen LogP contribution < -0.4 is 37.5 Å². The zero-order chi connectivity index (χ0) is 45.7. The van der Waals surface area contributed by atoms with Crippen molar-refractivity contribution in [3.05, 3.63) is 84.4 Å². The van der Waals surface area contributed by atoms with Crippen LogP contribution in [0.5, 0.6) is 5.75 Å². The van der Waals surface area contributed by atoms with Crippen molar-refractivity contribution >= 4 is 46.2 Å². The van der Waals surface area contributed by atoms with Gasteiger partial charge in [-0.1, -0.05) is 67.4 Å². The Hall–Kier alpha value is -4.84. The summed E-state index contributed by atoms with van der Waals surface area (Å²) in [6.07, 6.45) is 4.80. The van der Waals surface area contributed by atoms with Crippen molar-refractivity contribution in [3.8, 4) is 5.75 Å². The molecule has 3 amide bonds. The molecule has 0 aliphatic heterocycles. The second-order valence-corrected chi connectivity index (χ2v) is 14.1. The summed E-state index contributed by atoms with van der Waals surface area (Å²) in [5, 5.41) is 19.8. The predicted molar refractivity (Wildman–Crippen MR) is 238 cm³/mol. The lowest BCUT2D eigenvalue weighted by atomic mass is 10.1. The van der Waals surface area contributed by atoms with Crippen LogP contribution in [0.3, 0.4) is 0 Å². The van der Waals surface area contributed by atoms with E-state index in [1.54, 1.807) is 36.4 Å². The fraction of sp³-hybridized carbons (Fsp3) is 0.512. The first-order chi connectivity index (χ1) is 31.4. The van der Waals surface area contributed by atoms with E-state index < -0.39 is 24.2 Å². The van der Waals surface area contributed by atoms with Crippen LogP contribution in [-0.2, 0) is 50.0 Å². The Bertz CT molecular complexity index is 1730. The molecule has 8 N–H and O–H groups in total. The number of benzene rings is 3. The molecular weight excluding hydrogens is 858 g/mol. The first kappa shape index (κ1) is 53.5. The van der Waals surface area contributed by atoms with Gasteiger partial charge in [-0.25, -0.2) is 29.8 Å². The van der Waals surface area contributed by atoms with Crippen LogP contribution >= 0.6 is 11.6 Å². The molecule has 0 heterocycles. The topological polar surface area (TPSA) is 244 Å². The highest BCUT2D eigenvalue weighted by Gasteiger charge is 2.19. The summed E-state index contributed by atoms with van der Waals surface area (Å²) in [4.78, 5) is 67.5. The molecule has 0 aliphatic rings. The number of hydroxylamine groups is 2. The number of amides is 3. The van der Waals surface area contributed by atoms with E-state index in [1.165, 1.54) is 0 Å². The maximum atomic E-state index is 13.1. The highest BCUT2D eigenvalue weighted by molar-refractivity contribution is 6.17. The number of hydrogen-bond donors (Lipinski definition) is 7. The molecule has 0 spiro atoms. The molecule has 0 radical (unpaired) electrons. The average Bonchev–Trinajstić information content (AvgIpc) is 3.30. The maximum absolute atomic E-state index is 13.1. The number of rotatable bonds is 36. The molecule has 3 aromatic rings. The van der Waals surface area contributed by atoms with E-state index in [1.807, 2.05) is 42.5 Å². The van der Waals surface area contributed by atoms with Gasteiger partial charge in [-0.15, -0.1) is 11.6 Å². The molecule has 356 valence electrons. The normalized spacial score (nSPS) is 11.7. The SMILES string of the molecule is Nc1ccc(CN(NC(=O)OOCCONC/C=C/COC(=O)NOCCOCCNCCOOCCCCCCCl)C(=O)CCNCC(O)COc2cccc3ccccc23)cc1. The Morgan fingerprint density at radius 1 is 0.766 bits per heavy atom. The first-order valence-electron chi connectivity index (χ1n) is 21.2. The number of nitrogens with two attached hydrogens (primary N) is 1. The molecule has 0 aliphatic carbocycles. The van der Waals surface area contributed by atoms with Crippen molar-refractivity contribution in [2.45, 2.75) is 44.8 Å². The second kappa shape index (κ2) is 35.5. The van der Waals surface area contributed by atoms with Gasteiger partial charge in [-0.2, -0.15) is 15.8 Å². The van der Waals surface area contributed by atoms with Gasteiger partial charge in [0.1, 0.15) is 31.7 Å². The molecule has 1 unspecified atom stereocenters. The zero-order valence-corrected chi connectivity index (χ0v) is 36.9. The number of nitrogens with one attached hydrogen (secondary N) is 5. The van der Waals surface area contributed by atoms with Crippen molar-refractivity contribution in [1.29, 1.82) is 0 Å². The molecule has 0 aromatic heterocycles. The quantitative estimate of drug-likeness (QED) is 0.0109. The lowest BCUT2D eigenvalue weighted by Crippen LogP contribution is -2.46. The first-order valence-corrected chi connectivity index (χ1v) is 21.8. The molecule has 0 saturated heterocycles. The highest BCUT2D eigenvalue weighted by Crippen LogP contribution is 2.25. The average molecular weight is 922 g/mol. The molecule has 3 rings (SSSR count). The number of halogens is 1. The van der Waals surface area contributed by atoms with Crippen LogP contribution in [0, 0.1) is 0 Å². The van der Waals surface area contributed by atoms with E-state index in [0.29, 0.717) is 55.8 Å². The van der Waals surface area contributed by atoms with Crippen LogP contribution in [0.4, 0.5) is 15.3 Å². The predicted octanol–water partition coefficient (Wildman–Crippen LogP) is 3.83. The molecule has 1 atom stereocenters. The smallest absolute Gasteiger partial charge is 0.457 e. The summed E-state index contributed by atoms with van der Waals surface area (Å²) in [5.74, 6) is 0.943. The molecule has 0 bridgehead atoms. The minimum Gasteiger partial charge on any atom is -0.490 e. The fourth-order valence-electron chi connectivity index (χ4n) is 5.37. The summed E-state index contributed by atoms with van der Waals surface area (Å²) in [7, 11) is 0. The molecule has 21 heteroatoms. The summed E-state index contributed by atoms with van der Waals surface area (Å²) < 4.78 is 16.2. The number of fused-ring (bicyclic) bond motifs is 1. The number of anilines is 1. The van der Waals surface area contributed by atoms with Crippen molar-refractivity contribution < 1.29 is 62.9 Å². The summed E-state index contributed by atoms with van der Waals surface area (Å²) in [6.45, 7) is 3.80. The summed E-state index contributed by atoms with van der Waals surface area (Å²) >= 11 is 5.64. The Morgan fingerprint density at radius 3 is 2.41 bits per heavy atom. The van der Waals surface area contributed by atoms with Crippen molar-refractivity contribution in [3.63, 3.8) is 0 Å². The van der Waals surface area contributed by atoms with Crippen LogP contribution in [0.25, 0.3) is 10.8 Å². The minimum atomic E-state index is -1.02. The van der Waals surface area contributed by atoms with Gasteiger partial charge in [0.15, 0.2) is 0 Å². The number of nitrogen functional groups attached to an aromatic ring is 1. The molecule has 3 aromatic carbocycles. The van der Waals surface area contributed by atoms with Gasteiger partial charge in [0.05, 0.1) is 46.2 Å². The number of aliphatic hydroxyl groups excluding tert-OH is 1. The molecule has 0 fully saturated rings. The number of aliphatic hydroxyl groups is 1. The van der Waals surface area contributed by atoms with Crippen LogP contribution in [0.15, 0.2) is 78.9 Å². The van der Waals surface area contributed by atoms with E-state index >= 15 is 0 Å². The third-order valence-corrected chi connectivity index (χ3v) is 8.84. The third kappa shape index (κ3) is 26.1. The van der Waals surface area contributed by atoms with Gasteiger partial charge in [0.25, 0.3) is 0 Å². The van der Waals surface area contributed by atoms with E-state index in [0.717, 1.165) is 41.5 Å². The van der Waals surface area contributed by atoms with Crippen LogP contribution in [0.1, 0.15) is 37.7 Å². The number of unbranched alkanes of at least 4 members (excludes halogenated alkanes) is 3. The number of carbonyl (C=O) groups excluding carboxylic acids is 3. The largest absolute Gasteiger partial charge is 0.490 e. The third-order valence-electron chi connectivity index (χ3n) is 8.57. The van der Waals surface area contributed by atoms with E-state index in [2.05, 4.69) is 27.0 Å². The van der Waals surface area contributed by atoms with Gasteiger partial charge in [-0.3, -0.25) is 19.4 Å². The number of carbonyl (C=O) groups is 3. The number of nitrogens with zero attached hydrogens (tertiary/aromatic N) is 1. The monoisotopic (exact) mass is 921 g/mol.